The molecule has 60 valence electrons. The van der Waals surface area contributed by atoms with E-state index in [0.29, 0.717) is 0 Å². The summed E-state index contributed by atoms with van der Waals surface area (Å²) in [5, 5.41) is 3.79. The number of hydrogen-bond donors (Lipinski definition) is 1. The molecule has 4 nitrogen and oxygen atoms in total. The van der Waals surface area contributed by atoms with Gasteiger partial charge in [-0.1, -0.05) is 0 Å². The number of esters is 1. The van der Waals surface area contributed by atoms with Gasteiger partial charge in [0, 0.05) is 5.69 Å². The third kappa shape index (κ3) is 1.54. The highest BCUT2D eigenvalue weighted by Gasteiger charge is 2.10. The Morgan fingerprint density at radius 2 is 2.45 bits per heavy atom. The smallest absolute Gasteiger partial charge is 0.358 e. The zero-order valence-corrected chi connectivity index (χ0v) is 7.13. The molecular weight excluding hydrogens is 164 g/mol. The van der Waals surface area contributed by atoms with Crippen molar-refractivity contribution in [2.24, 2.45) is 0 Å². The quantitative estimate of drug-likeness (QED) is 0.500. The number of methoxy groups -OCH3 is 1. The van der Waals surface area contributed by atoms with Crippen molar-refractivity contribution >= 4 is 18.8 Å². The molecule has 1 rings (SSSR count). The van der Waals surface area contributed by atoms with Gasteiger partial charge in [0.15, 0.2) is 5.69 Å². The molecule has 0 spiro atoms. The zero-order valence-electron chi connectivity index (χ0n) is 6.24. The molecule has 0 aromatic carbocycles. The number of carbonyl (C=O) groups excluding carboxylic acids is 1. The third-order valence-electron chi connectivity index (χ3n) is 1.26. The highest BCUT2D eigenvalue weighted by molar-refractivity contribution is 7.78. The second-order valence-corrected chi connectivity index (χ2v) is 2.43. The Hall–Kier alpha value is -0.970. The van der Waals surface area contributed by atoms with E-state index in [2.05, 4.69) is 22.7 Å². The lowest BCUT2D eigenvalue weighted by Gasteiger charge is -1.90. The van der Waals surface area contributed by atoms with E-state index in [-0.39, 0.29) is 5.69 Å². The first-order valence-electron chi connectivity index (χ1n) is 2.99. The minimum atomic E-state index is -0.444. The van der Waals surface area contributed by atoms with Gasteiger partial charge in [-0.3, -0.25) is 0 Å². The average Bonchev–Trinajstić information content (AvgIpc) is 2.31. The molecule has 0 radical (unpaired) electrons. The van der Waals surface area contributed by atoms with Crippen LogP contribution in [0.5, 0.6) is 0 Å². The fourth-order valence-electron chi connectivity index (χ4n) is 0.670. The average molecular weight is 172 g/mol. The highest BCUT2D eigenvalue weighted by atomic mass is 32.1. The molecule has 0 aliphatic carbocycles. The van der Waals surface area contributed by atoms with Crippen LogP contribution < -0.4 is 0 Å². The van der Waals surface area contributed by atoms with Crippen molar-refractivity contribution < 1.29 is 9.53 Å². The van der Waals surface area contributed by atoms with Gasteiger partial charge in [0.2, 0.25) is 0 Å². The predicted molar refractivity (Wildman–Crippen MR) is 42.7 cm³/mol. The second kappa shape index (κ2) is 2.96. The summed E-state index contributed by atoms with van der Waals surface area (Å²) in [7, 11) is 1.31. The molecule has 0 saturated heterocycles. The molecule has 0 aliphatic rings. The molecule has 0 amide bonds. The molecule has 0 atom stereocenters. The van der Waals surface area contributed by atoms with Crippen molar-refractivity contribution in [2.45, 2.75) is 6.92 Å². The summed E-state index contributed by atoms with van der Waals surface area (Å²) >= 11 is 3.95. The van der Waals surface area contributed by atoms with Crippen LogP contribution in [-0.2, 0) is 4.74 Å². The fourth-order valence-corrected chi connectivity index (χ4v) is 0.824. The van der Waals surface area contributed by atoms with Crippen LogP contribution in [0, 0.1) is 6.92 Å². The van der Waals surface area contributed by atoms with Crippen molar-refractivity contribution in [1.82, 2.24) is 9.19 Å². The Bertz CT molecular complexity index is 263. The Labute approximate surface area is 69.7 Å². The van der Waals surface area contributed by atoms with Crippen LogP contribution in [0.4, 0.5) is 0 Å². The van der Waals surface area contributed by atoms with Crippen LogP contribution in [-0.4, -0.2) is 22.3 Å². The molecule has 1 heterocycles. The molecule has 5 heteroatoms. The maximum atomic E-state index is 10.8. The highest BCUT2D eigenvalue weighted by Crippen LogP contribution is 2.04. The van der Waals surface area contributed by atoms with Crippen molar-refractivity contribution in [3.05, 3.63) is 17.5 Å². The largest absolute Gasteiger partial charge is 0.464 e. The first kappa shape index (κ1) is 8.13. The Kier molecular flexibility index (Phi) is 2.19. The van der Waals surface area contributed by atoms with Gasteiger partial charge in [-0.25, -0.2) is 8.88 Å². The van der Waals surface area contributed by atoms with E-state index < -0.39 is 5.97 Å². The van der Waals surface area contributed by atoms with Gasteiger partial charge in [0.25, 0.3) is 0 Å². The van der Waals surface area contributed by atoms with Gasteiger partial charge in [0.05, 0.1) is 7.11 Å². The van der Waals surface area contributed by atoms with E-state index >= 15 is 0 Å². The van der Waals surface area contributed by atoms with E-state index in [9.17, 15) is 4.79 Å². The van der Waals surface area contributed by atoms with Gasteiger partial charge in [0.1, 0.15) is 0 Å². The Morgan fingerprint density at radius 1 is 1.82 bits per heavy atom. The number of ether oxygens (including phenoxy) is 1. The number of aromatic nitrogens is 2. The van der Waals surface area contributed by atoms with Crippen LogP contribution in [0.25, 0.3) is 0 Å². The molecule has 11 heavy (non-hydrogen) atoms. The Morgan fingerprint density at radius 3 is 2.82 bits per heavy atom. The zero-order chi connectivity index (χ0) is 8.43. The lowest BCUT2D eigenvalue weighted by atomic mass is 10.4. The summed E-state index contributed by atoms with van der Waals surface area (Å²) in [6.45, 7) is 1.80. The molecule has 0 aliphatic heterocycles. The molecule has 0 unspecified atom stereocenters. The second-order valence-electron chi connectivity index (χ2n) is 2.05. The maximum Gasteiger partial charge on any atom is 0.358 e. The molecule has 0 N–H and O–H groups in total. The number of nitrogens with zero attached hydrogens (tertiary/aromatic N) is 2. The SMILES string of the molecule is COC(=O)c1cc(C)n(S)n1. The molecule has 0 saturated carbocycles. The van der Waals surface area contributed by atoms with E-state index in [0.717, 1.165) is 5.69 Å². The van der Waals surface area contributed by atoms with Gasteiger partial charge in [-0.05, 0) is 25.8 Å². The number of hydrogen-bond acceptors (Lipinski definition) is 4. The van der Waals surface area contributed by atoms with Gasteiger partial charge in [-0.15, -0.1) is 0 Å². The summed E-state index contributed by atoms with van der Waals surface area (Å²) in [5.41, 5.74) is 1.08. The van der Waals surface area contributed by atoms with Crippen molar-refractivity contribution in [2.75, 3.05) is 7.11 Å². The molecule has 0 fully saturated rings. The first-order chi connectivity index (χ1) is 5.15. The van der Waals surface area contributed by atoms with Crippen molar-refractivity contribution in [3.8, 4) is 0 Å². The van der Waals surface area contributed by atoms with Crippen LogP contribution in [0.15, 0.2) is 6.07 Å². The summed E-state index contributed by atoms with van der Waals surface area (Å²) in [4.78, 5) is 10.8. The fraction of sp³-hybridized carbons (Fsp3) is 0.333. The Balaban J connectivity index is 2.97. The third-order valence-corrected chi connectivity index (χ3v) is 1.66. The van der Waals surface area contributed by atoms with Crippen molar-refractivity contribution in [1.29, 1.82) is 0 Å². The summed E-state index contributed by atoms with van der Waals surface area (Å²) in [6, 6.07) is 1.61. The van der Waals surface area contributed by atoms with Gasteiger partial charge >= 0.3 is 5.97 Å². The molecule has 1 aromatic rings. The minimum absolute atomic E-state index is 0.278. The maximum absolute atomic E-state index is 10.8. The summed E-state index contributed by atoms with van der Waals surface area (Å²) in [6.07, 6.45) is 0. The summed E-state index contributed by atoms with van der Waals surface area (Å²) < 4.78 is 5.78. The van der Waals surface area contributed by atoms with Crippen molar-refractivity contribution in [3.63, 3.8) is 0 Å². The predicted octanol–water partition coefficient (Wildman–Crippen LogP) is 0.671. The van der Waals surface area contributed by atoms with Gasteiger partial charge in [-0.2, -0.15) is 5.10 Å². The van der Waals surface area contributed by atoms with Crippen LogP contribution in [0.2, 0.25) is 0 Å². The van der Waals surface area contributed by atoms with Crippen LogP contribution >= 0.6 is 12.8 Å². The molecule has 0 bridgehead atoms. The van der Waals surface area contributed by atoms with Crippen LogP contribution in [0.3, 0.4) is 0 Å². The van der Waals surface area contributed by atoms with E-state index in [1.54, 1.807) is 13.0 Å². The standard InChI is InChI=1S/C6H8N2O2S/c1-4-3-5(6(9)10-2)7-8(4)11/h3,11H,1-2H3. The molecule has 1 aromatic heterocycles. The normalized spacial score (nSPS) is 9.73. The lowest BCUT2D eigenvalue weighted by Crippen LogP contribution is -2.01. The topological polar surface area (TPSA) is 44.1 Å². The number of aryl methyl sites for hydroxylation is 1. The van der Waals surface area contributed by atoms with Crippen LogP contribution in [0.1, 0.15) is 16.2 Å². The minimum Gasteiger partial charge on any atom is -0.464 e. The monoisotopic (exact) mass is 172 g/mol. The first-order valence-corrected chi connectivity index (χ1v) is 3.39. The van der Waals surface area contributed by atoms with E-state index in [1.807, 2.05) is 0 Å². The number of rotatable bonds is 1. The van der Waals surface area contributed by atoms with E-state index in [4.69, 9.17) is 0 Å². The molecular formula is C6H8N2O2S. The summed E-state index contributed by atoms with van der Waals surface area (Å²) in [5.74, 6) is -0.444. The van der Waals surface area contributed by atoms with Gasteiger partial charge < -0.3 is 4.74 Å². The van der Waals surface area contributed by atoms with E-state index in [1.165, 1.54) is 11.2 Å². The number of carbonyl (C=O) groups is 1. The lowest BCUT2D eigenvalue weighted by molar-refractivity contribution is 0.0594. The number of thiol groups is 1.